The van der Waals surface area contributed by atoms with Crippen LogP contribution in [0.5, 0.6) is 5.75 Å². The molecule has 1 atom stereocenters. The van der Waals surface area contributed by atoms with Gasteiger partial charge in [0, 0.05) is 11.1 Å². The van der Waals surface area contributed by atoms with Gasteiger partial charge in [-0.3, -0.25) is 0 Å². The molecule has 0 aliphatic carbocycles. The van der Waals surface area contributed by atoms with Crippen molar-refractivity contribution in [1.82, 2.24) is 5.32 Å². The van der Waals surface area contributed by atoms with E-state index < -0.39 is 0 Å². The van der Waals surface area contributed by atoms with Crippen molar-refractivity contribution < 1.29 is 4.74 Å². The minimum absolute atomic E-state index is 0.514. The molecule has 1 aromatic rings. The van der Waals surface area contributed by atoms with E-state index in [1.54, 1.807) is 0 Å². The Kier molecular flexibility index (Phi) is 3.49. The quantitative estimate of drug-likeness (QED) is 0.854. The average molecular weight is 226 g/mol. The monoisotopic (exact) mass is 225 g/mol. The predicted molar refractivity (Wildman–Crippen MR) is 62.7 cm³/mol. The molecule has 1 heterocycles. The predicted octanol–water partition coefficient (Wildman–Crippen LogP) is 2.78. The summed E-state index contributed by atoms with van der Waals surface area (Å²) in [5.74, 6) is 0.938. The Morgan fingerprint density at radius 3 is 3.07 bits per heavy atom. The lowest BCUT2D eigenvalue weighted by molar-refractivity contribution is 0.275. The van der Waals surface area contributed by atoms with Crippen LogP contribution in [0, 0.1) is 6.92 Å². The first kappa shape index (κ1) is 10.8. The second-order valence-corrected chi connectivity index (χ2v) is 4.45. The van der Waals surface area contributed by atoms with Crippen molar-refractivity contribution in [1.29, 1.82) is 0 Å². The first-order valence-electron chi connectivity index (χ1n) is 5.38. The number of nitrogens with one attached hydrogen (secondary N) is 1. The fourth-order valence-electron chi connectivity index (χ4n) is 1.86. The Labute approximate surface area is 95.6 Å². The SMILES string of the molecule is Cc1cc(Cl)ccc1OC[C@H]1CCCN1. The number of hydrogen-bond acceptors (Lipinski definition) is 2. The zero-order valence-corrected chi connectivity index (χ0v) is 9.68. The molecule has 0 saturated carbocycles. The third-order valence-electron chi connectivity index (χ3n) is 2.74. The molecule has 1 fully saturated rings. The van der Waals surface area contributed by atoms with Gasteiger partial charge in [0.25, 0.3) is 0 Å². The maximum atomic E-state index is 5.88. The van der Waals surface area contributed by atoms with Crippen LogP contribution >= 0.6 is 11.6 Å². The zero-order valence-electron chi connectivity index (χ0n) is 8.92. The summed E-state index contributed by atoms with van der Waals surface area (Å²) in [7, 11) is 0. The summed E-state index contributed by atoms with van der Waals surface area (Å²) in [6, 6.07) is 6.25. The van der Waals surface area contributed by atoms with Gasteiger partial charge >= 0.3 is 0 Å². The largest absolute Gasteiger partial charge is 0.492 e. The van der Waals surface area contributed by atoms with Crippen LogP contribution in [0.25, 0.3) is 0 Å². The van der Waals surface area contributed by atoms with Crippen LogP contribution in [0.2, 0.25) is 5.02 Å². The van der Waals surface area contributed by atoms with E-state index in [0.717, 1.165) is 29.5 Å². The van der Waals surface area contributed by atoms with Gasteiger partial charge in [-0.05, 0) is 50.1 Å². The number of rotatable bonds is 3. The summed E-state index contributed by atoms with van der Waals surface area (Å²) in [6.07, 6.45) is 2.47. The van der Waals surface area contributed by atoms with Crippen molar-refractivity contribution >= 4 is 11.6 Å². The van der Waals surface area contributed by atoms with Gasteiger partial charge in [-0.1, -0.05) is 11.6 Å². The van der Waals surface area contributed by atoms with Crippen LogP contribution in [0.3, 0.4) is 0 Å². The fourth-order valence-corrected chi connectivity index (χ4v) is 2.09. The molecular formula is C12H16ClNO. The molecule has 0 bridgehead atoms. The van der Waals surface area contributed by atoms with Crippen LogP contribution < -0.4 is 10.1 Å². The van der Waals surface area contributed by atoms with Gasteiger partial charge in [-0.25, -0.2) is 0 Å². The van der Waals surface area contributed by atoms with Crippen molar-refractivity contribution in [3.8, 4) is 5.75 Å². The highest BCUT2D eigenvalue weighted by molar-refractivity contribution is 6.30. The van der Waals surface area contributed by atoms with Crippen LogP contribution in [0.4, 0.5) is 0 Å². The summed E-state index contributed by atoms with van der Waals surface area (Å²) in [6.45, 7) is 3.89. The minimum atomic E-state index is 0.514. The first-order valence-corrected chi connectivity index (χ1v) is 5.76. The van der Waals surface area contributed by atoms with Crippen LogP contribution in [-0.4, -0.2) is 19.2 Å². The summed E-state index contributed by atoms with van der Waals surface area (Å²) in [5, 5.41) is 4.17. The minimum Gasteiger partial charge on any atom is -0.492 e. The highest BCUT2D eigenvalue weighted by Gasteiger charge is 2.14. The molecular weight excluding hydrogens is 210 g/mol. The molecule has 15 heavy (non-hydrogen) atoms. The van der Waals surface area contributed by atoms with Gasteiger partial charge in [-0.15, -0.1) is 0 Å². The molecule has 0 spiro atoms. The van der Waals surface area contributed by atoms with E-state index in [2.05, 4.69) is 5.32 Å². The number of aryl methyl sites for hydroxylation is 1. The van der Waals surface area contributed by atoms with Crippen LogP contribution in [-0.2, 0) is 0 Å². The van der Waals surface area contributed by atoms with Gasteiger partial charge in [0.15, 0.2) is 0 Å². The van der Waals surface area contributed by atoms with Crippen LogP contribution in [0.15, 0.2) is 18.2 Å². The molecule has 82 valence electrons. The van der Waals surface area contributed by atoms with Crippen molar-refractivity contribution in [2.45, 2.75) is 25.8 Å². The third kappa shape index (κ3) is 2.86. The van der Waals surface area contributed by atoms with Gasteiger partial charge in [-0.2, -0.15) is 0 Å². The van der Waals surface area contributed by atoms with Crippen molar-refractivity contribution in [3.05, 3.63) is 28.8 Å². The molecule has 2 nitrogen and oxygen atoms in total. The Bertz CT molecular complexity index is 334. The lowest BCUT2D eigenvalue weighted by atomic mass is 10.2. The molecule has 1 aliphatic rings. The molecule has 0 radical (unpaired) electrons. The summed E-state index contributed by atoms with van der Waals surface area (Å²) < 4.78 is 5.75. The summed E-state index contributed by atoms with van der Waals surface area (Å²) in [5.41, 5.74) is 1.10. The van der Waals surface area contributed by atoms with E-state index in [-0.39, 0.29) is 0 Å². The molecule has 1 aliphatic heterocycles. The third-order valence-corrected chi connectivity index (χ3v) is 2.97. The number of halogens is 1. The smallest absolute Gasteiger partial charge is 0.122 e. The normalized spacial score (nSPS) is 20.5. The highest BCUT2D eigenvalue weighted by Crippen LogP contribution is 2.22. The van der Waals surface area contributed by atoms with E-state index in [0.29, 0.717) is 6.04 Å². The second kappa shape index (κ2) is 4.86. The van der Waals surface area contributed by atoms with Crippen molar-refractivity contribution in [2.24, 2.45) is 0 Å². The van der Waals surface area contributed by atoms with E-state index in [9.17, 15) is 0 Å². The number of hydrogen-bond donors (Lipinski definition) is 1. The standard InChI is InChI=1S/C12H16ClNO/c1-9-7-10(13)4-5-12(9)15-8-11-3-2-6-14-11/h4-5,7,11,14H,2-3,6,8H2,1H3/t11-/m1/s1. The lowest BCUT2D eigenvalue weighted by Crippen LogP contribution is -2.28. The summed E-state index contributed by atoms with van der Waals surface area (Å²) in [4.78, 5) is 0. The maximum absolute atomic E-state index is 5.88. The van der Waals surface area contributed by atoms with Crippen molar-refractivity contribution in [3.63, 3.8) is 0 Å². The first-order chi connectivity index (χ1) is 7.25. The Balaban J connectivity index is 1.92. The van der Waals surface area contributed by atoms with Crippen molar-refractivity contribution in [2.75, 3.05) is 13.2 Å². The van der Waals surface area contributed by atoms with Crippen LogP contribution in [0.1, 0.15) is 18.4 Å². The van der Waals surface area contributed by atoms with E-state index >= 15 is 0 Å². The Morgan fingerprint density at radius 2 is 2.40 bits per heavy atom. The molecule has 1 N–H and O–H groups in total. The molecule has 0 aromatic heterocycles. The fraction of sp³-hybridized carbons (Fsp3) is 0.500. The van der Waals surface area contributed by atoms with Gasteiger partial charge in [0.2, 0.25) is 0 Å². The van der Waals surface area contributed by atoms with Gasteiger partial charge < -0.3 is 10.1 Å². The second-order valence-electron chi connectivity index (χ2n) is 4.01. The maximum Gasteiger partial charge on any atom is 0.122 e. The summed E-state index contributed by atoms with van der Waals surface area (Å²) >= 11 is 5.88. The molecule has 3 heteroatoms. The average Bonchev–Trinajstić information content (AvgIpc) is 2.69. The molecule has 1 aromatic carbocycles. The number of ether oxygens (including phenoxy) is 1. The van der Waals surface area contributed by atoms with Gasteiger partial charge in [0.1, 0.15) is 12.4 Å². The van der Waals surface area contributed by atoms with E-state index in [1.165, 1.54) is 12.8 Å². The van der Waals surface area contributed by atoms with E-state index in [1.807, 2.05) is 25.1 Å². The van der Waals surface area contributed by atoms with Gasteiger partial charge in [0.05, 0.1) is 0 Å². The number of benzene rings is 1. The van der Waals surface area contributed by atoms with E-state index in [4.69, 9.17) is 16.3 Å². The zero-order chi connectivity index (χ0) is 10.7. The molecule has 0 unspecified atom stereocenters. The Hall–Kier alpha value is -0.730. The topological polar surface area (TPSA) is 21.3 Å². The Morgan fingerprint density at radius 1 is 1.53 bits per heavy atom. The lowest BCUT2D eigenvalue weighted by Gasteiger charge is -2.13. The highest BCUT2D eigenvalue weighted by atomic mass is 35.5. The molecule has 2 rings (SSSR count). The molecule has 0 amide bonds. The molecule has 1 saturated heterocycles.